The van der Waals surface area contributed by atoms with E-state index in [1.54, 1.807) is 35.1 Å². The summed E-state index contributed by atoms with van der Waals surface area (Å²) in [5.41, 5.74) is 1.68. The predicted molar refractivity (Wildman–Crippen MR) is 111 cm³/mol. The molecule has 0 spiro atoms. The number of hydrogen-bond donors (Lipinski definition) is 0. The summed E-state index contributed by atoms with van der Waals surface area (Å²) in [5, 5.41) is 1.59. The summed E-state index contributed by atoms with van der Waals surface area (Å²) in [6, 6.07) is 3.79. The third kappa shape index (κ3) is 5.64. The number of thiazole rings is 1. The van der Waals surface area contributed by atoms with Gasteiger partial charge in [0.05, 0.1) is 12.8 Å². The molecule has 2 aromatic heterocycles. The molecule has 6 nitrogen and oxygen atoms in total. The molecule has 0 aliphatic carbocycles. The van der Waals surface area contributed by atoms with Gasteiger partial charge < -0.3 is 4.74 Å². The van der Waals surface area contributed by atoms with Crippen LogP contribution < -0.4 is 4.90 Å². The number of rotatable bonds is 8. The topological polar surface area (TPSA) is 72.4 Å². The molecule has 0 aromatic carbocycles. The number of ether oxygens (including phenoxy) is 1. The van der Waals surface area contributed by atoms with E-state index >= 15 is 0 Å². The number of pyridine rings is 1. The lowest BCUT2D eigenvalue weighted by molar-refractivity contribution is -0.134. The van der Waals surface area contributed by atoms with Gasteiger partial charge in [-0.3, -0.25) is 14.7 Å². The highest BCUT2D eigenvalue weighted by molar-refractivity contribution is 7.98. The molecule has 2 aromatic rings. The molecule has 0 aliphatic rings. The van der Waals surface area contributed by atoms with Crippen molar-refractivity contribution in [2.75, 3.05) is 30.6 Å². The van der Waals surface area contributed by atoms with E-state index in [1.165, 1.54) is 24.5 Å². The van der Waals surface area contributed by atoms with E-state index in [1.807, 2.05) is 32.2 Å². The number of anilines is 1. The van der Waals surface area contributed by atoms with Crippen molar-refractivity contribution in [3.8, 4) is 10.6 Å². The van der Waals surface area contributed by atoms with Gasteiger partial charge in [-0.2, -0.15) is 11.8 Å². The zero-order valence-electron chi connectivity index (χ0n) is 15.8. The molecule has 2 rings (SSSR count). The van der Waals surface area contributed by atoms with Gasteiger partial charge in [0, 0.05) is 42.2 Å². The number of carbonyl (C=O) groups is 2. The van der Waals surface area contributed by atoms with Crippen LogP contribution in [0.3, 0.4) is 0 Å². The molecule has 144 valence electrons. The Labute approximate surface area is 167 Å². The Kier molecular flexibility index (Phi) is 7.99. The smallest absolute Gasteiger partial charge is 0.330 e. The monoisotopic (exact) mass is 405 g/mol. The molecular formula is C19H23N3O3S2. The second kappa shape index (κ2) is 10.2. The lowest BCUT2D eigenvalue weighted by Crippen LogP contribution is -2.36. The van der Waals surface area contributed by atoms with Crippen LogP contribution in [0.15, 0.2) is 36.7 Å². The number of nitrogens with zero attached hydrogens (tertiary/aromatic N) is 3. The highest BCUT2D eigenvalue weighted by Gasteiger charge is 2.25. The van der Waals surface area contributed by atoms with Gasteiger partial charge in [-0.1, -0.05) is 24.3 Å². The lowest BCUT2D eigenvalue weighted by Gasteiger charge is -2.23. The highest BCUT2D eigenvalue weighted by atomic mass is 32.2. The summed E-state index contributed by atoms with van der Waals surface area (Å²) in [5.74, 6) is 0.137. The van der Waals surface area contributed by atoms with Crippen LogP contribution in [0.25, 0.3) is 10.6 Å². The van der Waals surface area contributed by atoms with Crippen LogP contribution in [0.4, 0.5) is 5.00 Å². The van der Waals surface area contributed by atoms with Gasteiger partial charge in [-0.25, -0.2) is 9.78 Å². The minimum Gasteiger partial charge on any atom is -0.466 e. The van der Waals surface area contributed by atoms with Crippen molar-refractivity contribution in [1.29, 1.82) is 0 Å². The van der Waals surface area contributed by atoms with Crippen LogP contribution in [0.2, 0.25) is 0 Å². The van der Waals surface area contributed by atoms with Gasteiger partial charge in [-0.15, -0.1) is 0 Å². The summed E-state index contributed by atoms with van der Waals surface area (Å²) >= 11 is 3.08. The molecular weight excluding hydrogens is 382 g/mol. The average molecular weight is 406 g/mol. The highest BCUT2D eigenvalue weighted by Crippen LogP contribution is 2.35. The SMILES string of the molecule is COC(=O)C=CCN(C(=O)C(C)CSC)c1sc(-c2cccnc2)nc1C. The third-order valence-corrected chi connectivity index (χ3v) is 5.84. The maximum atomic E-state index is 13.0. The van der Waals surface area contributed by atoms with E-state index in [4.69, 9.17) is 0 Å². The molecule has 0 radical (unpaired) electrons. The van der Waals surface area contributed by atoms with E-state index in [-0.39, 0.29) is 18.4 Å². The van der Waals surface area contributed by atoms with Gasteiger partial charge in [0.1, 0.15) is 10.0 Å². The Morgan fingerprint density at radius 2 is 2.22 bits per heavy atom. The average Bonchev–Trinajstić information content (AvgIpc) is 3.06. The Morgan fingerprint density at radius 1 is 1.44 bits per heavy atom. The molecule has 1 atom stereocenters. The fourth-order valence-electron chi connectivity index (χ4n) is 2.43. The molecule has 1 unspecified atom stereocenters. The second-order valence-electron chi connectivity index (χ2n) is 5.88. The maximum absolute atomic E-state index is 13.0. The minimum atomic E-state index is -0.448. The number of aromatic nitrogens is 2. The van der Waals surface area contributed by atoms with Crippen molar-refractivity contribution in [3.05, 3.63) is 42.4 Å². The molecule has 0 fully saturated rings. The fraction of sp³-hybridized carbons (Fsp3) is 0.368. The van der Waals surface area contributed by atoms with Gasteiger partial charge in [-0.05, 0) is 25.3 Å². The van der Waals surface area contributed by atoms with Crippen molar-refractivity contribution >= 4 is 40.0 Å². The molecule has 0 bridgehead atoms. The summed E-state index contributed by atoms with van der Waals surface area (Å²) in [6.07, 6.45) is 8.41. The molecule has 8 heteroatoms. The molecule has 2 heterocycles. The number of hydrogen-bond acceptors (Lipinski definition) is 7. The van der Waals surface area contributed by atoms with Gasteiger partial charge in [0.25, 0.3) is 0 Å². The zero-order valence-corrected chi connectivity index (χ0v) is 17.5. The van der Waals surface area contributed by atoms with Gasteiger partial charge in [0.2, 0.25) is 5.91 Å². The number of esters is 1. The predicted octanol–water partition coefficient (Wildman–Crippen LogP) is 3.57. The standard InChI is InChI=1S/C19H23N3O3S2/c1-13(12-26-4)18(24)22(10-6-8-16(23)25-3)19-14(2)21-17(27-19)15-7-5-9-20-11-15/h5-9,11,13H,10,12H2,1-4H3. The van der Waals surface area contributed by atoms with E-state index < -0.39 is 5.97 Å². The van der Waals surface area contributed by atoms with Crippen molar-refractivity contribution in [3.63, 3.8) is 0 Å². The maximum Gasteiger partial charge on any atom is 0.330 e. The fourth-order valence-corrected chi connectivity index (χ4v) is 4.15. The molecule has 0 aliphatic heterocycles. The van der Waals surface area contributed by atoms with Crippen molar-refractivity contribution < 1.29 is 14.3 Å². The first-order valence-electron chi connectivity index (χ1n) is 8.40. The third-order valence-electron chi connectivity index (χ3n) is 3.77. The van der Waals surface area contributed by atoms with Gasteiger partial charge >= 0.3 is 5.97 Å². The molecule has 27 heavy (non-hydrogen) atoms. The molecule has 0 saturated heterocycles. The van der Waals surface area contributed by atoms with Crippen LogP contribution in [0.1, 0.15) is 12.6 Å². The van der Waals surface area contributed by atoms with Crippen molar-refractivity contribution in [2.24, 2.45) is 5.92 Å². The first-order chi connectivity index (χ1) is 13.0. The van der Waals surface area contributed by atoms with Crippen LogP contribution in [-0.4, -0.2) is 47.5 Å². The minimum absolute atomic E-state index is 0.00310. The summed E-state index contributed by atoms with van der Waals surface area (Å²) in [6.45, 7) is 4.08. The quantitative estimate of drug-likeness (QED) is 0.494. The van der Waals surface area contributed by atoms with E-state index in [2.05, 4.69) is 14.7 Å². The van der Waals surface area contributed by atoms with E-state index in [0.29, 0.717) is 0 Å². The summed E-state index contributed by atoms with van der Waals surface area (Å²) in [7, 11) is 1.32. The number of aryl methyl sites for hydroxylation is 1. The largest absolute Gasteiger partial charge is 0.466 e. The Balaban J connectivity index is 2.34. The first kappa shape index (κ1) is 21.1. The second-order valence-corrected chi connectivity index (χ2v) is 7.77. The normalized spacial score (nSPS) is 12.1. The molecule has 1 amide bonds. The Morgan fingerprint density at radius 3 is 2.85 bits per heavy atom. The number of methoxy groups -OCH3 is 1. The number of thioether (sulfide) groups is 1. The van der Waals surface area contributed by atoms with E-state index in [0.717, 1.165) is 27.0 Å². The molecule has 0 saturated carbocycles. The summed E-state index contributed by atoms with van der Waals surface area (Å²) < 4.78 is 4.62. The lowest BCUT2D eigenvalue weighted by atomic mass is 10.2. The van der Waals surface area contributed by atoms with Gasteiger partial charge in [0.15, 0.2) is 0 Å². The van der Waals surface area contributed by atoms with Crippen LogP contribution in [-0.2, 0) is 14.3 Å². The molecule has 0 N–H and O–H groups in total. The Bertz CT molecular complexity index is 806. The first-order valence-corrected chi connectivity index (χ1v) is 10.6. The number of carbonyl (C=O) groups excluding carboxylic acids is 2. The van der Waals surface area contributed by atoms with Crippen LogP contribution >= 0.6 is 23.1 Å². The van der Waals surface area contributed by atoms with Crippen molar-refractivity contribution in [2.45, 2.75) is 13.8 Å². The summed E-state index contributed by atoms with van der Waals surface area (Å²) in [4.78, 5) is 34.8. The van der Waals surface area contributed by atoms with Crippen LogP contribution in [0, 0.1) is 12.8 Å². The Hall–Kier alpha value is -2.19. The van der Waals surface area contributed by atoms with E-state index in [9.17, 15) is 9.59 Å². The number of amides is 1. The van der Waals surface area contributed by atoms with Crippen molar-refractivity contribution in [1.82, 2.24) is 9.97 Å². The zero-order chi connectivity index (χ0) is 19.8. The van der Waals surface area contributed by atoms with Crippen LogP contribution in [0.5, 0.6) is 0 Å².